The van der Waals surface area contributed by atoms with E-state index in [1.165, 1.54) is 0 Å². The summed E-state index contributed by atoms with van der Waals surface area (Å²) in [5.74, 6) is 0. The molecule has 2 rings (SSSR count). The predicted octanol–water partition coefficient (Wildman–Crippen LogP) is 0.705. The molecule has 0 spiro atoms. The topological polar surface area (TPSA) is 55.4 Å². The molecule has 6 atom stereocenters. The van der Waals surface area contributed by atoms with Crippen LogP contribution in [0.15, 0.2) is 12.2 Å². The van der Waals surface area contributed by atoms with Crippen LogP contribution in [0.5, 0.6) is 0 Å². The Morgan fingerprint density at radius 3 is 2.26 bits per heavy atom. The monoisotopic (exact) mass is 274 g/mol. The van der Waals surface area contributed by atoms with Crippen LogP contribution in [0.3, 0.4) is 0 Å². The third-order valence-corrected chi connectivity index (χ3v) is 3.54. The molecule has 0 aromatic rings. The zero-order valence-electron chi connectivity index (χ0n) is 11.8. The molecule has 2 fully saturated rings. The lowest BCUT2D eigenvalue weighted by Crippen LogP contribution is -2.58. The van der Waals surface area contributed by atoms with E-state index in [2.05, 4.69) is 6.58 Å². The fourth-order valence-corrected chi connectivity index (χ4v) is 2.63. The summed E-state index contributed by atoms with van der Waals surface area (Å²) in [5.41, 5.74) is 0.755. The van der Waals surface area contributed by atoms with Crippen molar-refractivity contribution in [3.8, 4) is 0 Å². The minimum Gasteiger partial charge on any atom is -0.376 e. The predicted molar refractivity (Wildman–Crippen MR) is 66.7 cm³/mol. The maximum absolute atomic E-state index is 5.85. The third-order valence-electron chi connectivity index (χ3n) is 3.54. The summed E-state index contributed by atoms with van der Waals surface area (Å²) in [6, 6.07) is 0. The molecule has 0 N–H and O–H groups in total. The largest absolute Gasteiger partial charge is 0.376 e. The minimum absolute atomic E-state index is 0.295. The smallest absolute Gasteiger partial charge is 0.186 e. The van der Waals surface area contributed by atoms with Gasteiger partial charge in [0.25, 0.3) is 0 Å². The van der Waals surface area contributed by atoms with E-state index < -0.39 is 12.6 Å². The average Bonchev–Trinajstić information content (AvgIpc) is 2.74. The molecular formula is C13H22O6. The molecular weight excluding hydrogens is 252 g/mol. The standard InChI is InChI=1S/C13H22O6/c1-6-17-12-7(2)8-10(19-12)9(14-3)11(15-4)13(16-5)18-8/h8-13H,2,6H2,1,3-5H3/t8?,9-,10?,11+,12?,13-/m0/s1. The zero-order chi connectivity index (χ0) is 14.0. The summed E-state index contributed by atoms with van der Waals surface area (Å²) in [5, 5.41) is 0. The molecule has 0 amide bonds. The van der Waals surface area contributed by atoms with Crippen LogP contribution in [0.4, 0.5) is 0 Å². The van der Waals surface area contributed by atoms with Crippen molar-refractivity contribution in [2.45, 2.75) is 43.9 Å². The van der Waals surface area contributed by atoms with Crippen LogP contribution in [-0.2, 0) is 28.4 Å². The maximum Gasteiger partial charge on any atom is 0.186 e. The Kier molecular flexibility index (Phi) is 4.94. The van der Waals surface area contributed by atoms with Gasteiger partial charge in [0.1, 0.15) is 24.4 Å². The molecule has 0 aromatic heterocycles. The number of fused-ring (bicyclic) bond motifs is 1. The van der Waals surface area contributed by atoms with Crippen molar-refractivity contribution in [1.29, 1.82) is 0 Å². The van der Waals surface area contributed by atoms with Gasteiger partial charge in [0.05, 0.1) is 0 Å². The van der Waals surface area contributed by atoms with Gasteiger partial charge in [-0.1, -0.05) is 6.58 Å². The minimum atomic E-state index is -0.517. The number of hydrogen-bond donors (Lipinski definition) is 0. The van der Waals surface area contributed by atoms with Crippen LogP contribution < -0.4 is 0 Å². The van der Waals surface area contributed by atoms with Crippen LogP contribution in [0, 0.1) is 0 Å². The normalized spacial score (nSPS) is 42.4. The van der Waals surface area contributed by atoms with Crippen molar-refractivity contribution in [3.63, 3.8) is 0 Å². The molecule has 2 heterocycles. The van der Waals surface area contributed by atoms with Gasteiger partial charge in [0.2, 0.25) is 0 Å². The Hall–Kier alpha value is -0.500. The summed E-state index contributed by atoms with van der Waals surface area (Å²) in [6.45, 7) is 6.45. The third kappa shape index (κ3) is 2.56. The van der Waals surface area contributed by atoms with E-state index in [1.807, 2.05) is 6.92 Å². The molecule has 2 aliphatic rings. The van der Waals surface area contributed by atoms with Gasteiger partial charge in [-0.2, -0.15) is 0 Å². The molecule has 0 bridgehead atoms. The van der Waals surface area contributed by atoms with Crippen LogP contribution >= 0.6 is 0 Å². The highest BCUT2D eigenvalue weighted by Gasteiger charge is 2.54. The molecule has 0 radical (unpaired) electrons. The van der Waals surface area contributed by atoms with Gasteiger partial charge in [-0.25, -0.2) is 0 Å². The molecule has 19 heavy (non-hydrogen) atoms. The first-order valence-corrected chi connectivity index (χ1v) is 6.37. The first-order chi connectivity index (χ1) is 9.17. The van der Waals surface area contributed by atoms with E-state index in [-0.39, 0.29) is 24.4 Å². The van der Waals surface area contributed by atoms with Crippen molar-refractivity contribution in [2.75, 3.05) is 27.9 Å². The Bertz CT molecular complexity index is 320. The summed E-state index contributed by atoms with van der Waals surface area (Å²) in [6.07, 6.45) is -2.24. The second-order valence-corrected chi connectivity index (χ2v) is 4.52. The maximum atomic E-state index is 5.85. The molecule has 0 aliphatic carbocycles. The lowest BCUT2D eigenvalue weighted by molar-refractivity contribution is -0.291. The average molecular weight is 274 g/mol. The fraction of sp³-hybridized carbons (Fsp3) is 0.846. The molecule has 6 nitrogen and oxygen atoms in total. The van der Waals surface area contributed by atoms with E-state index in [4.69, 9.17) is 28.4 Å². The number of methoxy groups -OCH3 is 3. The SMILES string of the molecule is C=C1C(OCC)OC2C1O[C@H](OC)[C@H](OC)[C@H]2OC. The summed E-state index contributed by atoms with van der Waals surface area (Å²) < 4.78 is 33.4. The highest BCUT2D eigenvalue weighted by Crippen LogP contribution is 2.38. The molecule has 0 saturated carbocycles. The Balaban J connectivity index is 2.19. The summed E-state index contributed by atoms with van der Waals surface area (Å²) >= 11 is 0. The Morgan fingerprint density at radius 2 is 1.74 bits per heavy atom. The number of hydrogen-bond acceptors (Lipinski definition) is 6. The lowest BCUT2D eigenvalue weighted by atomic mass is 9.96. The van der Waals surface area contributed by atoms with Crippen molar-refractivity contribution < 1.29 is 28.4 Å². The van der Waals surface area contributed by atoms with Crippen LogP contribution in [0.25, 0.3) is 0 Å². The van der Waals surface area contributed by atoms with Crippen LogP contribution in [0.1, 0.15) is 6.92 Å². The Morgan fingerprint density at radius 1 is 1.05 bits per heavy atom. The first-order valence-electron chi connectivity index (χ1n) is 6.37. The van der Waals surface area contributed by atoms with Gasteiger partial charge in [0.15, 0.2) is 12.6 Å². The van der Waals surface area contributed by atoms with Crippen LogP contribution in [0.2, 0.25) is 0 Å². The molecule has 3 unspecified atom stereocenters. The highest BCUT2D eigenvalue weighted by atomic mass is 16.7. The lowest BCUT2D eigenvalue weighted by Gasteiger charge is -2.41. The van der Waals surface area contributed by atoms with Gasteiger partial charge in [-0.3, -0.25) is 0 Å². The van der Waals surface area contributed by atoms with E-state index in [1.54, 1.807) is 21.3 Å². The molecule has 2 aliphatic heterocycles. The summed E-state index contributed by atoms with van der Waals surface area (Å²) in [7, 11) is 4.78. The van der Waals surface area contributed by atoms with Crippen molar-refractivity contribution in [2.24, 2.45) is 0 Å². The second kappa shape index (κ2) is 6.30. The zero-order valence-corrected chi connectivity index (χ0v) is 11.8. The number of rotatable bonds is 5. The Labute approximate surface area is 113 Å². The summed E-state index contributed by atoms with van der Waals surface area (Å²) in [4.78, 5) is 0. The van der Waals surface area contributed by atoms with Gasteiger partial charge in [-0.05, 0) is 6.92 Å². The van der Waals surface area contributed by atoms with Crippen LogP contribution in [-0.4, -0.2) is 64.9 Å². The molecule has 6 heteroatoms. The van der Waals surface area contributed by atoms with Gasteiger partial charge in [-0.15, -0.1) is 0 Å². The van der Waals surface area contributed by atoms with Gasteiger partial charge >= 0.3 is 0 Å². The molecule has 2 saturated heterocycles. The van der Waals surface area contributed by atoms with Gasteiger partial charge < -0.3 is 28.4 Å². The van der Waals surface area contributed by atoms with Crippen molar-refractivity contribution in [3.05, 3.63) is 12.2 Å². The van der Waals surface area contributed by atoms with E-state index in [9.17, 15) is 0 Å². The van der Waals surface area contributed by atoms with E-state index >= 15 is 0 Å². The highest BCUT2D eigenvalue weighted by molar-refractivity contribution is 5.18. The van der Waals surface area contributed by atoms with Crippen molar-refractivity contribution >= 4 is 0 Å². The number of ether oxygens (including phenoxy) is 6. The van der Waals surface area contributed by atoms with Crippen molar-refractivity contribution in [1.82, 2.24) is 0 Å². The first kappa shape index (κ1) is 14.9. The van der Waals surface area contributed by atoms with Gasteiger partial charge in [0, 0.05) is 33.5 Å². The molecule has 110 valence electrons. The second-order valence-electron chi connectivity index (χ2n) is 4.52. The fourth-order valence-electron chi connectivity index (χ4n) is 2.63. The quantitative estimate of drug-likeness (QED) is 0.688. The van der Waals surface area contributed by atoms with E-state index in [0.717, 1.165) is 5.57 Å². The van der Waals surface area contributed by atoms with E-state index in [0.29, 0.717) is 6.61 Å². The molecule has 0 aromatic carbocycles.